The Morgan fingerprint density at radius 1 is 0.538 bits per heavy atom. The third-order valence-electron chi connectivity index (χ3n) is 12.3. The lowest BCUT2D eigenvalue weighted by Gasteiger charge is -2.26. The van der Waals surface area contributed by atoms with E-state index in [1.54, 1.807) is 0 Å². The van der Waals surface area contributed by atoms with E-state index in [0.29, 0.717) is 23.9 Å². The van der Waals surface area contributed by atoms with Crippen LogP contribution in [-0.2, 0) is 18.4 Å². The molecule has 0 saturated heterocycles. The van der Waals surface area contributed by atoms with Crippen LogP contribution in [0.15, 0.2) is 48.6 Å². The number of phosphoric acid groups is 1. The highest BCUT2D eigenvalue weighted by Gasteiger charge is 2.28. The smallest absolute Gasteiger partial charge is 0.391 e. The number of carbonyl (C=O) groups excluding carboxylic acids is 1. The van der Waals surface area contributed by atoms with Gasteiger partial charge in [0.2, 0.25) is 5.91 Å². The standard InChI is InChI=1S/C56H107N2O6P/c1-6-8-10-12-14-16-18-20-22-24-26-28-30-31-33-35-37-39-41-43-45-47-49-55(59)54(53-64-65(61,62)63-52-51-58(3,4)5)57-56(60)50-48-46-44-42-40-38-36-34-32-29-27-25-23-21-19-17-15-13-11-9-7-2/h9,11,15,17,21,23,27,29,54-55,59H,6-8,10,12-14,16,18-20,22,24-26,28,30-53H2,1-5H3,(H-,57,60,61,62)/p+1/b11-9-,17-15-,23-21-,29-27-. The molecule has 0 saturated carbocycles. The van der Waals surface area contributed by atoms with Gasteiger partial charge >= 0.3 is 7.82 Å². The van der Waals surface area contributed by atoms with Crippen molar-refractivity contribution in [3.8, 4) is 0 Å². The molecule has 3 atom stereocenters. The molecule has 0 spiro atoms. The second-order valence-corrected chi connectivity index (χ2v) is 21.4. The molecule has 9 heteroatoms. The van der Waals surface area contributed by atoms with Crippen LogP contribution >= 0.6 is 7.82 Å². The van der Waals surface area contributed by atoms with E-state index in [9.17, 15) is 19.4 Å². The first-order valence-corrected chi connectivity index (χ1v) is 29.0. The maximum Gasteiger partial charge on any atom is 0.472 e. The summed E-state index contributed by atoms with van der Waals surface area (Å²) in [6.45, 7) is 4.79. The Bertz CT molecular complexity index is 1200. The van der Waals surface area contributed by atoms with Crippen molar-refractivity contribution < 1.29 is 32.9 Å². The molecule has 65 heavy (non-hydrogen) atoms. The van der Waals surface area contributed by atoms with Crippen molar-refractivity contribution in [3.63, 3.8) is 0 Å². The first kappa shape index (κ1) is 63.5. The molecule has 0 aliphatic rings. The van der Waals surface area contributed by atoms with Crippen LogP contribution in [-0.4, -0.2) is 73.4 Å². The van der Waals surface area contributed by atoms with Crippen molar-refractivity contribution in [1.82, 2.24) is 5.32 Å². The highest BCUT2D eigenvalue weighted by Crippen LogP contribution is 2.43. The van der Waals surface area contributed by atoms with Crippen molar-refractivity contribution in [1.29, 1.82) is 0 Å². The number of hydrogen-bond acceptors (Lipinski definition) is 5. The molecule has 1 amide bonds. The number of unbranched alkanes of at least 4 members (excludes halogenated alkanes) is 29. The summed E-state index contributed by atoms with van der Waals surface area (Å²) in [7, 11) is 1.61. The average Bonchev–Trinajstić information content (AvgIpc) is 3.26. The van der Waals surface area contributed by atoms with Crippen LogP contribution in [0.25, 0.3) is 0 Å². The molecule has 0 aromatic carbocycles. The lowest BCUT2D eigenvalue weighted by atomic mass is 10.0. The number of carbonyl (C=O) groups is 1. The molecule has 3 unspecified atom stereocenters. The number of aliphatic hydroxyl groups excluding tert-OH is 1. The first-order chi connectivity index (χ1) is 31.5. The molecule has 3 N–H and O–H groups in total. The highest BCUT2D eigenvalue weighted by atomic mass is 31.2. The Balaban J connectivity index is 4.22. The van der Waals surface area contributed by atoms with E-state index in [-0.39, 0.29) is 19.1 Å². The molecule has 0 bridgehead atoms. The van der Waals surface area contributed by atoms with Gasteiger partial charge in [-0.1, -0.05) is 242 Å². The predicted molar refractivity (Wildman–Crippen MR) is 281 cm³/mol. The Kier molecular flexibility index (Phi) is 46.4. The minimum Gasteiger partial charge on any atom is -0.391 e. The molecule has 0 aromatic rings. The summed E-state index contributed by atoms with van der Waals surface area (Å²) in [5.74, 6) is -0.152. The van der Waals surface area contributed by atoms with Gasteiger partial charge in [0.1, 0.15) is 13.2 Å². The van der Waals surface area contributed by atoms with E-state index in [4.69, 9.17) is 9.05 Å². The van der Waals surface area contributed by atoms with Gasteiger partial charge in [-0.05, 0) is 51.4 Å². The van der Waals surface area contributed by atoms with E-state index < -0.39 is 20.0 Å². The topological polar surface area (TPSA) is 105 Å². The number of allylic oxidation sites excluding steroid dienone is 8. The molecule has 0 fully saturated rings. The van der Waals surface area contributed by atoms with Gasteiger partial charge in [-0.3, -0.25) is 13.8 Å². The molecule has 0 rings (SSSR count). The molecule has 0 aliphatic heterocycles. The van der Waals surface area contributed by atoms with Crippen molar-refractivity contribution in [2.45, 2.75) is 264 Å². The van der Waals surface area contributed by atoms with Gasteiger partial charge in [0.25, 0.3) is 0 Å². The number of aliphatic hydroxyl groups is 1. The molecule has 0 aliphatic carbocycles. The molecule has 382 valence electrons. The fourth-order valence-corrected chi connectivity index (χ4v) is 8.77. The summed E-state index contributed by atoms with van der Waals surface area (Å²) in [4.78, 5) is 23.3. The summed E-state index contributed by atoms with van der Waals surface area (Å²) in [6, 6.07) is -0.767. The fraction of sp³-hybridized carbons (Fsp3) is 0.839. The molecular formula is C56H108N2O6P+. The Morgan fingerprint density at radius 3 is 1.35 bits per heavy atom. The van der Waals surface area contributed by atoms with Gasteiger partial charge < -0.3 is 19.8 Å². The van der Waals surface area contributed by atoms with Crippen LogP contribution in [0.5, 0.6) is 0 Å². The van der Waals surface area contributed by atoms with Crippen LogP contribution in [0, 0.1) is 0 Å². The van der Waals surface area contributed by atoms with Gasteiger partial charge in [-0.15, -0.1) is 0 Å². The summed E-state index contributed by atoms with van der Waals surface area (Å²) in [5, 5.41) is 14.1. The molecular weight excluding hydrogens is 828 g/mol. The summed E-state index contributed by atoms with van der Waals surface area (Å²) in [5.41, 5.74) is 0. The van der Waals surface area contributed by atoms with Gasteiger partial charge in [0, 0.05) is 6.42 Å². The van der Waals surface area contributed by atoms with E-state index >= 15 is 0 Å². The van der Waals surface area contributed by atoms with Crippen molar-refractivity contribution >= 4 is 13.7 Å². The SMILES string of the molecule is CC/C=C\C/C=C\C/C=C\C/C=C\CCCCCCCCCCC(=O)NC(COP(=O)(O)OCC[N+](C)(C)C)C(O)CCCCCCCCCCCCCCCCCCCCCCCC. The first-order valence-electron chi connectivity index (χ1n) is 27.5. The lowest BCUT2D eigenvalue weighted by molar-refractivity contribution is -0.870. The number of quaternary nitrogens is 1. The number of hydrogen-bond donors (Lipinski definition) is 3. The summed E-state index contributed by atoms with van der Waals surface area (Å²) < 4.78 is 23.8. The van der Waals surface area contributed by atoms with E-state index in [0.717, 1.165) is 70.6 Å². The number of rotatable bonds is 50. The minimum atomic E-state index is -4.33. The fourth-order valence-electron chi connectivity index (χ4n) is 8.04. The lowest BCUT2D eigenvalue weighted by Crippen LogP contribution is -2.46. The zero-order valence-electron chi connectivity index (χ0n) is 43.5. The zero-order valence-corrected chi connectivity index (χ0v) is 44.4. The molecule has 8 nitrogen and oxygen atoms in total. The van der Waals surface area contributed by atoms with Crippen LogP contribution in [0.4, 0.5) is 0 Å². The van der Waals surface area contributed by atoms with Gasteiger partial charge in [0.05, 0.1) is 39.9 Å². The van der Waals surface area contributed by atoms with E-state index in [1.807, 2.05) is 21.1 Å². The van der Waals surface area contributed by atoms with E-state index in [2.05, 4.69) is 67.8 Å². The van der Waals surface area contributed by atoms with Crippen molar-refractivity contribution in [2.75, 3.05) is 40.9 Å². The highest BCUT2D eigenvalue weighted by molar-refractivity contribution is 7.47. The number of nitrogens with zero attached hydrogens (tertiary/aromatic N) is 1. The quantitative estimate of drug-likeness (QED) is 0.0243. The third kappa shape index (κ3) is 50.2. The number of likely N-dealkylation sites (N-methyl/N-ethyl adjacent to an activating group) is 1. The van der Waals surface area contributed by atoms with Crippen LogP contribution < -0.4 is 5.32 Å². The normalized spacial score (nSPS) is 14.4. The van der Waals surface area contributed by atoms with E-state index in [1.165, 1.54) is 154 Å². The molecule has 0 radical (unpaired) electrons. The van der Waals surface area contributed by atoms with Crippen molar-refractivity contribution in [2.24, 2.45) is 0 Å². The second kappa shape index (κ2) is 47.5. The maximum absolute atomic E-state index is 13.0. The third-order valence-corrected chi connectivity index (χ3v) is 13.3. The zero-order chi connectivity index (χ0) is 47.8. The average molecular weight is 936 g/mol. The largest absolute Gasteiger partial charge is 0.472 e. The van der Waals surface area contributed by atoms with Crippen LogP contribution in [0.2, 0.25) is 0 Å². The molecule has 0 heterocycles. The Hall–Kier alpha value is -1.54. The summed E-state index contributed by atoms with van der Waals surface area (Å²) >= 11 is 0. The Labute approximate surface area is 403 Å². The Morgan fingerprint density at radius 2 is 0.923 bits per heavy atom. The predicted octanol–water partition coefficient (Wildman–Crippen LogP) is 16.4. The van der Waals surface area contributed by atoms with Crippen LogP contribution in [0.1, 0.15) is 251 Å². The number of amides is 1. The minimum absolute atomic E-state index is 0.0718. The molecule has 0 aromatic heterocycles. The van der Waals surface area contributed by atoms with Gasteiger partial charge in [-0.2, -0.15) is 0 Å². The number of phosphoric ester groups is 1. The van der Waals surface area contributed by atoms with Crippen molar-refractivity contribution in [3.05, 3.63) is 48.6 Å². The second-order valence-electron chi connectivity index (χ2n) is 19.9. The summed E-state index contributed by atoms with van der Waals surface area (Å²) in [6.07, 6.45) is 61.5. The monoisotopic (exact) mass is 936 g/mol. The maximum atomic E-state index is 13.0. The number of nitrogens with one attached hydrogen (secondary N) is 1. The van der Waals surface area contributed by atoms with Gasteiger partial charge in [0.15, 0.2) is 0 Å². The van der Waals surface area contributed by atoms with Gasteiger partial charge in [-0.25, -0.2) is 4.57 Å². The van der Waals surface area contributed by atoms with Crippen LogP contribution in [0.3, 0.4) is 0 Å².